The fraction of sp³-hybridized carbons (Fsp3) is 0.0455. The fourth-order valence-electron chi connectivity index (χ4n) is 7.51. The summed E-state index contributed by atoms with van der Waals surface area (Å²) in [6, 6.07) is 40.1. The number of para-hydroxylation sites is 2. The van der Waals surface area contributed by atoms with Crippen LogP contribution in [0, 0.1) is 11.3 Å². The van der Waals surface area contributed by atoms with E-state index in [1.807, 2.05) is 36.4 Å². The van der Waals surface area contributed by atoms with Gasteiger partial charge >= 0.3 is 12.4 Å². The van der Waals surface area contributed by atoms with E-state index in [1.165, 1.54) is 12.1 Å². The summed E-state index contributed by atoms with van der Waals surface area (Å²) in [4.78, 5) is 4.70. The first-order valence-corrected chi connectivity index (χ1v) is 16.8. The normalized spacial score (nSPS) is 12.2. The van der Waals surface area contributed by atoms with Gasteiger partial charge in [0.2, 0.25) is 0 Å². The first kappa shape index (κ1) is 33.0. The van der Waals surface area contributed by atoms with E-state index >= 15 is 0 Å². The van der Waals surface area contributed by atoms with Crippen LogP contribution < -0.4 is 0 Å². The Morgan fingerprint density at radius 1 is 0.481 bits per heavy atom. The predicted molar refractivity (Wildman–Crippen MR) is 199 cm³/mol. The molecule has 9 rings (SSSR count). The van der Waals surface area contributed by atoms with Crippen LogP contribution >= 0.6 is 0 Å². The van der Waals surface area contributed by atoms with Crippen LogP contribution in [-0.4, -0.2) is 14.1 Å². The summed E-state index contributed by atoms with van der Waals surface area (Å²) in [6.45, 7) is 0. The molecule has 6 aromatic carbocycles. The molecule has 0 amide bonds. The van der Waals surface area contributed by atoms with Gasteiger partial charge in [-0.1, -0.05) is 84.9 Å². The van der Waals surface area contributed by atoms with Crippen LogP contribution in [0.2, 0.25) is 0 Å². The topological polar surface area (TPSA) is 46.5 Å². The average molecular weight is 723 g/mol. The number of benzene rings is 6. The number of fused-ring (bicyclic) bond motifs is 6. The number of nitriles is 1. The van der Waals surface area contributed by atoms with Crippen molar-refractivity contribution in [1.29, 1.82) is 5.26 Å². The molecule has 0 fully saturated rings. The smallest absolute Gasteiger partial charge is 0.308 e. The van der Waals surface area contributed by atoms with Gasteiger partial charge in [-0.05, 0) is 60.2 Å². The van der Waals surface area contributed by atoms with Crippen LogP contribution in [-0.2, 0) is 12.4 Å². The maximum Gasteiger partial charge on any atom is 0.416 e. The van der Waals surface area contributed by atoms with Crippen LogP contribution in [0.3, 0.4) is 0 Å². The number of rotatable bonds is 4. The van der Waals surface area contributed by atoms with Gasteiger partial charge in [0.15, 0.2) is 0 Å². The van der Waals surface area contributed by atoms with Crippen LogP contribution in [0.15, 0.2) is 146 Å². The number of nitrogens with zero attached hydrogens (tertiary/aromatic N) is 4. The number of halogens is 6. The molecule has 3 aromatic heterocycles. The van der Waals surface area contributed by atoms with Crippen molar-refractivity contribution in [3.63, 3.8) is 0 Å². The second-order valence-corrected chi connectivity index (χ2v) is 12.9. The van der Waals surface area contributed by atoms with E-state index in [0.717, 1.165) is 29.8 Å². The minimum absolute atomic E-state index is 0.0454. The SMILES string of the molecule is N#Cc1c(-n2c3ccccc3c3ccc(C(F)(F)F)cc32)cc(-c2cccnc2-c2ccccc2)cc1-n1c2ccccc2c2ccc(C(F)(F)F)cc21. The summed E-state index contributed by atoms with van der Waals surface area (Å²) in [7, 11) is 0. The lowest BCUT2D eigenvalue weighted by Gasteiger charge is -2.19. The van der Waals surface area contributed by atoms with Crippen molar-refractivity contribution in [3.05, 3.63) is 162 Å². The third-order valence-electron chi connectivity index (χ3n) is 9.86. The molecule has 0 radical (unpaired) electrons. The van der Waals surface area contributed by atoms with E-state index < -0.39 is 23.5 Å². The zero-order chi connectivity index (χ0) is 37.4. The van der Waals surface area contributed by atoms with Gasteiger partial charge in [0.1, 0.15) is 11.6 Å². The van der Waals surface area contributed by atoms with Gasteiger partial charge in [-0.15, -0.1) is 0 Å². The van der Waals surface area contributed by atoms with E-state index in [9.17, 15) is 31.6 Å². The zero-order valence-corrected chi connectivity index (χ0v) is 27.9. The van der Waals surface area contributed by atoms with Crippen LogP contribution in [0.1, 0.15) is 16.7 Å². The molecular formula is C44H24F6N4. The van der Waals surface area contributed by atoms with E-state index in [1.54, 1.807) is 82.1 Å². The lowest BCUT2D eigenvalue weighted by molar-refractivity contribution is -0.138. The number of pyridine rings is 1. The summed E-state index contributed by atoms with van der Waals surface area (Å²) < 4.78 is 88.8. The molecule has 0 aliphatic rings. The standard InChI is InChI=1S/C44H24F6N4/c45-43(46,47)28-16-18-33-31-11-4-6-14-36(31)53(40(33)23-28)38-21-27(30-13-8-20-52-42(30)26-9-2-1-3-10-26)22-39(35(38)25-51)54-37-15-7-5-12-32(37)34-19-17-29(24-41(34)54)44(48,49)50/h1-24H. The van der Waals surface area contributed by atoms with Crippen molar-refractivity contribution in [2.45, 2.75) is 12.4 Å². The van der Waals surface area contributed by atoms with E-state index in [-0.39, 0.29) is 28.0 Å². The maximum atomic E-state index is 14.3. The number of aromatic nitrogens is 3. The Labute approximate surface area is 303 Å². The van der Waals surface area contributed by atoms with Gasteiger partial charge in [-0.25, -0.2) is 0 Å². The monoisotopic (exact) mass is 722 g/mol. The molecule has 0 saturated heterocycles. The highest BCUT2D eigenvalue weighted by Crippen LogP contribution is 2.43. The Balaban J connectivity index is 1.47. The van der Waals surface area contributed by atoms with Crippen molar-refractivity contribution < 1.29 is 26.3 Å². The van der Waals surface area contributed by atoms with Crippen molar-refractivity contribution >= 4 is 43.6 Å². The van der Waals surface area contributed by atoms with Gasteiger partial charge in [-0.3, -0.25) is 4.98 Å². The summed E-state index contributed by atoms with van der Waals surface area (Å²) in [6.07, 6.45) is -7.66. The maximum absolute atomic E-state index is 14.3. The largest absolute Gasteiger partial charge is 0.416 e. The molecule has 0 atom stereocenters. The molecule has 0 unspecified atom stereocenters. The van der Waals surface area contributed by atoms with Gasteiger partial charge in [-0.2, -0.15) is 31.6 Å². The Morgan fingerprint density at radius 3 is 1.46 bits per heavy atom. The van der Waals surface area contributed by atoms with Crippen LogP contribution in [0.25, 0.3) is 77.4 Å². The molecular weight excluding hydrogens is 699 g/mol. The first-order chi connectivity index (χ1) is 26.0. The molecule has 262 valence electrons. The first-order valence-electron chi connectivity index (χ1n) is 16.8. The third-order valence-corrected chi connectivity index (χ3v) is 9.86. The second kappa shape index (κ2) is 12.1. The summed E-state index contributed by atoms with van der Waals surface area (Å²) in [5.74, 6) is 0. The highest BCUT2D eigenvalue weighted by atomic mass is 19.4. The minimum Gasteiger partial charge on any atom is -0.308 e. The Kier molecular flexibility index (Phi) is 7.40. The molecule has 0 aliphatic heterocycles. The van der Waals surface area contributed by atoms with E-state index in [4.69, 9.17) is 4.98 Å². The van der Waals surface area contributed by atoms with Gasteiger partial charge in [0.25, 0.3) is 0 Å². The Morgan fingerprint density at radius 2 is 0.963 bits per heavy atom. The molecule has 3 heterocycles. The lowest BCUT2D eigenvalue weighted by atomic mass is 9.96. The fourth-order valence-corrected chi connectivity index (χ4v) is 7.51. The second-order valence-electron chi connectivity index (χ2n) is 12.9. The molecule has 0 spiro atoms. The average Bonchev–Trinajstić information content (AvgIpc) is 3.69. The molecule has 54 heavy (non-hydrogen) atoms. The molecule has 0 saturated carbocycles. The predicted octanol–water partition coefficient (Wildman–Crippen LogP) is 12.5. The highest BCUT2D eigenvalue weighted by Gasteiger charge is 2.33. The molecule has 0 bridgehead atoms. The molecule has 9 aromatic rings. The summed E-state index contributed by atoms with van der Waals surface area (Å²) in [5.41, 5.74) is 2.89. The van der Waals surface area contributed by atoms with Crippen LogP contribution in [0.4, 0.5) is 26.3 Å². The number of hydrogen-bond donors (Lipinski definition) is 0. The van der Waals surface area contributed by atoms with Crippen LogP contribution in [0.5, 0.6) is 0 Å². The summed E-state index contributed by atoms with van der Waals surface area (Å²) in [5, 5.41) is 13.5. The van der Waals surface area contributed by atoms with Crippen molar-refractivity contribution in [2.24, 2.45) is 0 Å². The van der Waals surface area contributed by atoms with E-state index in [0.29, 0.717) is 49.4 Å². The molecule has 0 aliphatic carbocycles. The highest BCUT2D eigenvalue weighted by molar-refractivity contribution is 6.11. The van der Waals surface area contributed by atoms with Crippen molar-refractivity contribution in [2.75, 3.05) is 0 Å². The summed E-state index contributed by atoms with van der Waals surface area (Å²) >= 11 is 0. The zero-order valence-electron chi connectivity index (χ0n) is 27.9. The number of alkyl halides is 6. The lowest BCUT2D eigenvalue weighted by Crippen LogP contribution is -2.08. The molecule has 0 N–H and O–H groups in total. The molecule has 10 heteroatoms. The third kappa shape index (κ3) is 5.19. The van der Waals surface area contributed by atoms with Crippen molar-refractivity contribution in [1.82, 2.24) is 14.1 Å². The Bertz CT molecular complexity index is 2830. The van der Waals surface area contributed by atoms with Crippen molar-refractivity contribution in [3.8, 4) is 39.8 Å². The van der Waals surface area contributed by atoms with Gasteiger partial charge in [0.05, 0.1) is 50.3 Å². The van der Waals surface area contributed by atoms with E-state index in [2.05, 4.69) is 6.07 Å². The van der Waals surface area contributed by atoms with Gasteiger partial charge < -0.3 is 9.13 Å². The minimum atomic E-state index is -4.65. The molecule has 4 nitrogen and oxygen atoms in total. The van der Waals surface area contributed by atoms with Gasteiger partial charge in [0, 0.05) is 38.9 Å². The number of hydrogen-bond acceptors (Lipinski definition) is 2. The Hall–Kier alpha value is -6.86. The quantitative estimate of drug-likeness (QED) is 0.170.